The zero-order chi connectivity index (χ0) is 21.4. The minimum absolute atomic E-state index is 0.00691. The lowest BCUT2D eigenvalue weighted by Gasteiger charge is -2.31. The molecule has 0 radical (unpaired) electrons. The van der Waals surface area contributed by atoms with E-state index in [0.717, 1.165) is 42.1 Å². The van der Waals surface area contributed by atoms with E-state index in [-0.39, 0.29) is 5.41 Å². The predicted octanol–water partition coefficient (Wildman–Crippen LogP) is 4.79. The van der Waals surface area contributed by atoms with Gasteiger partial charge in [0.2, 0.25) is 10.0 Å². The Balaban J connectivity index is 1.32. The number of rotatable bonds is 5. The molecular weight excluding hydrogens is 414 g/mol. The Morgan fingerprint density at radius 2 is 1.73 bits per heavy atom. The zero-order valence-electron chi connectivity index (χ0n) is 17.8. The maximum absolute atomic E-state index is 12.7. The number of nitrogens with one attached hydrogen (secondary N) is 1. The minimum Gasteiger partial charge on any atom is -0.348 e. The van der Waals surface area contributed by atoms with Crippen LogP contribution in [0.1, 0.15) is 39.2 Å². The van der Waals surface area contributed by atoms with E-state index in [4.69, 9.17) is 4.98 Å². The van der Waals surface area contributed by atoms with E-state index >= 15 is 0 Å². The van der Waals surface area contributed by atoms with E-state index in [1.165, 1.54) is 4.70 Å². The van der Waals surface area contributed by atoms with E-state index in [1.54, 1.807) is 23.5 Å². The molecular formula is C23H29N3O2S2. The molecule has 0 unspecified atom stereocenters. The number of aromatic nitrogens is 1. The highest BCUT2D eigenvalue weighted by atomic mass is 32.2. The summed E-state index contributed by atoms with van der Waals surface area (Å²) in [6.07, 6.45) is 1.92. The van der Waals surface area contributed by atoms with E-state index in [9.17, 15) is 8.42 Å². The summed E-state index contributed by atoms with van der Waals surface area (Å²) in [5.41, 5.74) is 2.18. The molecule has 1 aromatic heterocycles. The molecule has 0 aliphatic carbocycles. The highest BCUT2D eigenvalue weighted by molar-refractivity contribution is 7.89. The van der Waals surface area contributed by atoms with Crippen molar-refractivity contribution in [3.8, 4) is 0 Å². The molecule has 1 saturated heterocycles. The number of thiazole rings is 1. The summed E-state index contributed by atoms with van der Waals surface area (Å²) in [5, 5.41) is 1.06. The number of sulfonamides is 1. The Hall–Kier alpha value is -1.96. The van der Waals surface area contributed by atoms with Gasteiger partial charge in [-0.25, -0.2) is 18.1 Å². The Bertz CT molecular complexity index is 1070. The van der Waals surface area contributed by atoms with E-state index < -0.39 is 10.0 Å². The summed E-state index contributed by atoms with van der Waals surface area (Å²) in [7, 11) is -3.48. The van der Waals surface area contributed by atoms with Crippen molar-refractivity contribution >= 4 is 36.7 Å². The van der Waals surface area contributed by atoms with Gasteiger partial charge in [-0.1, -0.05) is 56.4 Å². The van der Waals surface area contributed by atoms with Gasteiger partial charge in [-0.2, -0.15) is 0 Å². The second-order valence-corrected chi connectivity index (χ2v) is 11.8. The zero-order valence-corrected chi connectivity index (χ0v) is 19.4. The molecule has 1 aliphatic rings. The molecule has 5 nitrogen and oxygen atoms in total. The Kier molecular flexibility index (Phi) is 5.88. The summed E-state index contributed by atoms with van der Waals surface area (Å²) in [5.74, 6) is 0.347. The standard InChI is InChI=1S/C23H29N3O2S2/c1-23(2,3)18-8-10-19(11-9-18)30(27,28)24-16-17-12-14-26(15-13-17)22-25-20-6-4-5-7-21(20)29-22/h4-11,17,24H,12-16H2,1-3H3. The fourth-order valence-corrected chi connectivity index (χ4v) is 5.90. The van der Waals surface area contributed by atoms with Crippen LogP contribution in [0.25, 0.3) is 10.2 Å². The van der Waals surface area contributed by atoms with E-state index in [1.807, 2.05) is 30.3 Å². The van der Waals surface area contributed by atoms with Crippen LogP contribution in [0.4, 0.5) is 5.13 Å². The maximum atomic E-state index is 12.7. The molecule has 30 heavy (non-hydrogen) atoms. The molecule has 7 heteroatoms. The topological polar surface area (TPSA) is 62.3 Å². The molecule has 2 heterocycles. The van der Waals surface area contributed by atoms with Crippen LogP contribution in [0, 0.1) is 5.92 Å². The molecule has 1 aliphatic heterocycles. The first-order valence-corrected chi connectivity index (χ1v) is 12.7. The quantitative estimate of drug-likeness (QED) is 0.616. The summed E-state index contributed by atoms with van der Waals surface area (Å²) < 4.78 is 29.4. The summed E-state index contributed by atoms with van der Waals surface area (Å²) in [6.45, 7) is 8.66. The number of anilines is 1. The second-order valence-electron chi connectivity index (χ2n) is 9.02. The number of para-hydroxylation sites is 1. The molecule has 0 amide bonds. The Morgan fingerprint density at radius 3 is 2.37 bits per heavy atom. The Morgan fingerprint density at radius 1 is 1.07 bits per heavy atom. The number of hydrogen-bond donors (Lipinski definition) is 1. The third kappa shape index (κ3) is 4.68. The monoisotopic (exact) mass is 443 g/mol. The number of nitrogens with zero attached hydrogens (tertiary/aromatic N) is 2. The normalized spacial score (nSPS) is 16.3. The first-order chi connectivity index (χ1) is 14.2. The van der Waals surface area contributed by atoms with Crippen LogP contribution in [0.15, 0.2) is 53.4 Å². The van der Waals surface area contributed by atoms with E-state index in [2.05, 4.69) is 36.5 Å². The molecule has 4 rings (SSSR count). The maximum Gasteiger partial charge on any atom is 0.240 e. The first-order valence-electron chi connectivity index (χ1n) is 10.4. The van der Waals surface area contributed by atoms with Crippen LogP contribution in [-0.4, -0.2) is 33.0 Å². The molecule has 1 fully saturated rings. The third-order valence-corrected chi connectivity index (χ3v) is 8.30. The number of piperidine rings is 1. The van der Waals surface area contributed by atoms with E-state index in [0.29, 0.717) is 17.4 Å². The number of fused-ring (bicyclic) bond motifs is 1. The average Bonchev–Trinajstić information content (AvgIpc) is 3.16. The SMILES string of the molecule is CC(C)(C)c1ccc(S(=O)(=O)NCC2CCN(c3nc4ccccc4s3)CC2)cc1. The van der Waals surface area contributed by atoms with Crippen molar-refractivity contribution in [3.63, 3.8) is 0 Å². The fraction of sp³-hybridized carbons (Fsp3) is 0.435. The Labute approximate surface area is 183 Å². The summed E-state index contributed by atoms with van der Waals surface area (Å²) in [4.78, 5) is 7.40. The van der Waals surface area contributed by atoms with Crippen LogP contribution >= 0.6 is 11.3 Å². The van der Waals surface area contributed by atoms with Gasteiger partial charge < -0.3 is 4.90 Å². The summed E-state index contributed by atoms with van der Waals surface area (Å²) >= 11 is 1.73. The van der Waals surface area contributed by atoms with Crippen molar-refractivity contribution in [2.45, 2.75) is 43.9 Å². The molecule has 0 saturated carbocycles. The molecule has 2 aromatic carbocycles. The van der Waals surface area contributed by atoms with Crippen molar-refractivity contribution in [2.75, 3.05) is 24.5 Å². The van der Waals surface area contributed by atoms with Crippen LogP contribution in [0.2, 0.25) is 0 Å². The van der Waals surface area contributed by atoms with Gasteiger partial charge in [-0.05, 0) is 54.0 Å². The van der Waals surface area contributed by atoms with Gasteiger partial charge in [-0.15, -0.1) is 0 Å². The highest BCUT2D eigenvalue weighted by Crippen LogP contribution is 2.31. The fourth-order valence-electron chi connectivity index (χ4n) is 3.77. The van der Waals surface area contributed by atoms with Gasteiger partial charge in [-0.3, -0.25) is 0 Å². The second kappa shape index (κ2) is 8.29. The van der Waals surface area contributed by atoms with Crippen molar-refractivity contribution in [1.29, 1.82) is 0 Å². The van der Waals surface area contributed by atoms with Crippen LogP contribution in [0.5, 0.6) is 0 Å². The highest BCUT2D eigenvalue weighted by Gasteiger charge is 2.24. The minimum atomic E-state index is -3.48. The van der Waals surface area contributed by atoms with Gasteiger partial charge in [0.25, 0.3) is 0 Å². The van der Waals surface area contributed by atoms with Crippen LogP contribution < -0.4 is 9.62 Å². The lowest BCUT2D eigenvalue weighted by molar-refractivity contribution is 0.402. The molecule has 0 spiro atoms. The van der Waals surface area contributed by atoms with Crippen molar-refractivity contribution in [2.24, 2.45) is 5.92 Å². The molecule has 0 atom stereocenters. The van der Waals surface area contributed by atoms with Crippen molar-refractivity contribution in [1.82, 2.24) is 9.71 Å². The van der Waals surface area contributed by atoms with Gasteiger partial charge >= 0.3 is 0 Å². The first kappa shape index (κ1) is 21.3. The van der Waals surface area contributed by atoms with Gasteiger partial charge in [0, 0.05) is 19.6 Å². The van der Waals surface area contributed by atoms with Gasteiger partial charge in [0.1, 0.15) is 0 Å². The smallest absolute Gasteiger partial charge is 0.240 e. The molecule has 160 valence electrons. The predicted molar refractivity (Wildman–Crippen MR) is 125 cm³/mol. The van der Waals surface area contributed by atoms with Gasteiger partial charge in [0.15, 0.2) is 5.13 Å². The molecule has 3 aromatic rings. The number of benzene rings is 2. The number of hydrogen-bond acceptors (Lipinski definition) is 5. The largest absolute Gasteiger partial charge is 0.348 e. The van der Waals surface area contributed by atoms with Crippen molar-refractivity contribution < 1.29 is 8.42 Å². The summed E-state index contributed by atoms with van der Waals surface area (Å²) in [6, 6.07) is 15.4. The molecule has 0 bridgehead atoms. The third-order valence-electron chi connectivity index (χ3n) is 5.76. The van der Waals surface area contributed by atoms with Crippen molar-refractivity contribution in [3.05, 3.63) is 54.1 Å². The lowest BCUT2D eigenvalue weighted by atomic mass is 9.87. The van der Waals surface area contributed by atoms with Crippen LogP contribution in [0.3, 0.4) is 0 Å². The van der Waals surface area contributed by atoms with Crippen LogP contribution in [-0.2, 0) is 15.4 Å². The molecule has 1 N–H and O–H groups in total. The lowest BCUT2D eigenvalue weighted by Crippen LogP contribution is -2.38. The average molecular weight is 444 g/mol. The van der Waals surface area contributed by atoms with Gasteiger partial charge in [0.05, 0.1) is 15.1 Å².